The monoisotopic (exact) mass is 219 g/mol. The number of benzene rings is 1. The largest absolute Gasteiger partial charge is 0.399 e. The maximum atomic E-state index is 11.9. The zero-order chi connectivity index (χ0) is 12.0. The average molecular weight is 219 g/mol. The second-order valence-corrected chi connectivity index (χ2v) is 5.42. The van der Waals surface area contributed by atoms with Crippen LogP contribution in [0.25, 0.3) is 0 Å². The van der Waals surface area contributed by atoms with Gasteiger partial charge < -0.3 is 10.8 Å². The second kappa shape index (κ2) is 3.32. The Hall–Kier alpha value is -1.35. The molecule has 0 aliphatic heterocycles. The number of anilines is 1. The fourth-order valence-electron chi connectivity index (χ4n) is 2.46. The van der Waals surface area contributed by atoms with Gasteiger partial charge in [-0.15, -0.1) is 0 Å². The van der Waals surface area contributed by atoms with Gasteiger partial charge in [0.05, 0.1) is 0 Å². The molecule has 0 heterocycles. The number of hydrogen-bond donors (Lipinski definition) is 2. The molecular formula is C13H17NO2. The summed E-state index contributed by atoms with van der Waals surface area (Å²) >= 11 is 0. The molecule has 0 amide bonds. The molecule has 3 nitrogen and oxygen atoms in total. The Bertz CT molecular complexity index is 422. The molecule has 1 saturated carbocycles. The van der Waals surface area contributed by atoms with Crippen molar-refractivity contribution < 1.29 is 9.90 Å². The zero-order valence-electron chi connectivity index (χ0n) is 9.66. The van der Waals surface area contributed by atoms with Crippen LogP contribution in [0.5, 0.6) is 0 Å². The predicted octanol–water partition coefficient (Wildman–Crippen LogP) is 1.85. The van der Waals surface area contributed by atoms with Crippen LogP contribution in [-0.4, -0.2) is 10.9 Å². The van der Waals surface area contributed by atoms with Crippen LogP contribution in [0.15, 0.2) is 24.3 Å². The van der Waals surface area contributed by atoms with Gasteiger partial charge in [0.1, 0.15) is 5.60 Å². The third-order valence-corrected chi connectivity index (χ3v) is 3.22. The van der Waals surface area contributed by atoms with Crippen LogP contribution < -0.4 is 5.73 Å². The molecule has 0 radical (unpaired) electrons. The second-order valence-electron chi connectivity index (χ2n) is 5.42. The van der Waals surface area contributed by atoms with Crippen LogP contribution in [0.4, 0.5) is 5.69 Å². The molecule has 16 heavy (non-hydrogen) atoms. The van der Waals surface area contributed by atoms with Gasteiger partial charge in [-0.1, -0.05) is 26.0 Å². The Kier molecular flexibility index (Phi) is 2.31. The number of ketones is 1. The Labute approximate surface area is 95.3 Å². The van der Waals surface area contributed by atoms with E-state index in [-0.39, 0.29) is 11.2 Å². The Balaban J connectivity index is 2.40. The average Bonchev–Trinajstić information content (AvgIpc) is 2.37. The van der Waals surface area contributed by atoms with Gasteiger partial charge in [-0.25, -0.2) is 0 Å². The fraction of sp³-hybridized carbons (Fsp3) is 0.462. The lowest BCUT2D eigenvalue weighted by Crippen LogP contribution is -2.30. The van der Waals surface area contributed by atoms with Gasteiger partial charge in [0.25, 0.3) is 0 Å². The lowest BCUT2D eigenvalue weighted by molar-refractivity contribution is -0.134. The molecule has 0 bridgehead atoms. The molecule has 1 aliphatic carbocycles. The van der Waals surface area contributed by atoms with E-state index >= 15 is 0 Å². The van der Waals surface area contributed by atoms with E-state index in [4.69, 9.17) is 5.73 Å². The summed E-state index contributed by atoms with van der Waals surface area (Å²) in [7, 11) is 0. The number of nitrogens with two attached hydrogens (primary N) is 1. The van der Waals surface area contributed by atoms with Gasteiger partial charge in [-0.2, -0.15) is 0 Å². The first kappa shape index (κ1) is 11.1. The smallest absolute Gasteiger partial charge is 0.169 e. The normalized spacial score (nSPS) is 28.3. The summed E-state index contributed by atoms with van der Waals surface area (Å²) in [5.74, 6) is -0.0951. The van der Waals surface area contributed by atoms with Crippen LogP contribution in [0.3, 0.4) is 0 Å². The van der Waals surface area contributed by atoms with Gasteiger partial charge in [-0.05, 0) is 29.5 Å². The van der Waals surface area contributed by atoms with Crippen LogP contribution in [0.1, 0.15) is 32.3 Å². The highest BCUT2D eigenvalue weighted by Crippen LogP contribution is 2.46. The van der Waals surface area contributed by atoms with E-state index < -0.39 is 5.60 Å². The Morgan fingerprint density at radius 3 is 2.25 bits per heavy atom. The summed E-state index contributed by atoms with van der Waals surface area (Å²) in [6, 6.07) is 6.89. The molecule has 1 aromatic carbocycles. The molecular weight excluding hydrogens is 202 g/mol. The highest BCUT2D eigenvalue weighted by atomic mass is 16.3. The Morgan fingerprint density at radius 2 is 1.81 bits per heavy atom. The summed E-state index contributed by atoms with van der Waals surface area (Å²) in [5, 5.41) is 10.5. The van der Waals surface area contributed by atoms with Crippen LogP contribution >= 0.6 is 0 Å². The minimum absolute atomic E-state index is 0.0951. The van der Waals surface area contributed by atoms with Crippen LogP contribution in [0, 0.1) is 5.41 Å². The van der Waals surface area contributed by atoms with E-state index in [9.17, 15) is 9.90 Å². The predicted molar refractivity (Wildman–Crippen MR) is 62.8 cm³/mol. The van der Waals surface area contributed by atoms with Crippen molar-refractivity contribution in [1.29, 1.82) is 0 Å². The number of carbonyl (C=O) groups is 1. The van der Waals surface area contributed by atoms with Crippen molar-refractivity contribution in [2.75, 3.05) is 5.73 Å². The first-order valence-corrected chi connectivity index (χ1v) is 5.45. The highest BCUT2D eigenvalue weighted by molar-refractivity contribution is 5.91. The molecule has 3 heteroatoms. The summed E-state index contributed by atoms with van der Waals surface area (Å²) < 4.78 is 0. The van der Waals surface area contributed by atoms with Crippen molar-refractivity contribution in [2.24, 2.45) is 5.41 Å². The van der Waals surface area contributed by atoms with E-state index in [2.05, 4.69) is 0 Å². The third kappa shape index (κ3) is 1.71. The maximum Gasteiger partial charge on any atom is 0.169 e. The number of aliphatic hydroxyl groups is 1. The number of nitrogen functional groups attached to an aromatic ring is 1. The molecule has 1 aromatic rings. The lowest BCUT2D eigenvalue weighted by atomic mass is 9.86. The van der Waals surface area contributed by atoms with E-state index in [1.54, 1.807) is 24.3 Å². The first-order chi connectivity index (χ1) is 7.33. The van der Waals surface area contributed by atoms with Crippen LogP contribution in [0.2, 0.25) is 0 Å². The zero-order valence-corrected chi connectivity index (χ0v) is 9.66. The Morgan fingerprint density at radius 1 is 1.25 bits per heavy atom. The molecule has 2 rings (SSSR count). The van der Waals surface area contributed by atoms with Crippen molar-refractivity contribution in [3.63, 3.8) is 0 Å². The lowest BCUT2D eigenvalue weighted by Gasteiger charge is -2.24. The minimum atomic E-state index is -1.32. The molecule has 1 atom stereocenters. The quantitative estimate of drug-likeness (QED) is 0.708. The molecule has 0 spiro atoms. The van der Waals surface area contributed by atoms with Crippen molar-refractivity contribution >= 4 is 11.5 Å². The molecule has 0 aromatic heterocycles. The van der Waals surface area contributed by atoms with Crippen molar-refractivity contribution in [1.82, 2.24) is 0 Å². The van der Waals surface area contributed by atoms with Crippen molar-refractivity contribution in [2.45, 2.75) is 32.3 Å². The van der Waals surface area contributed by atoms with Gasteiger partial charge in [0.15, 0.2) is 5.78 Å². The summed E-state index contributed by atoms with van der Waals surface area (Å²) in [5.41, 5.74) is 5.42. The molecule has 86 valence electrons. The van der Waals surface area contributed by atoms with E-state index in [1.807, 2.05) is 13.8 Å². The van der Waals surface area contributed by atoms with E-state index in [0.717, 1.165) is 0 Å². The van der Waals surface area contributed by atoms with Crippen molar-refractivity contribution in [3.05, 3.63) is 29.8 Å². The third-order valence-electron chi connectivity index (χ3n) is 3.22. The van der Waals surface area contributed by atoms with Gasteiger partial charge in [-0.3, -0.25) is 4.79 Å². The molecule has 1 fully saturated rings. The highest BCUT2D eigenvalue weighted by Gasteiger charge is 2.49. The van der Waals surface area contributed by atoms with Crippen LogP contribution in [-0.2, 0) is 10.4 Å². The maximum absolute atomic E-state index is 11.9. The van der Waals surface area contributed by atoms with Gasteiger partial charge >= 0.3 is 0 Å². The summed E-state index contributed by atoms with van der Waals surface area (Å²) in [6.07, 6.45) is 0.899. The molecule has 3 N–H and O–H groups in total. The standard InChI is InChI=1S/C13H17NO2/c1-12(2)7-11(15)13(16,8-12)9-3-5-10(14)6-4-9/h3-6,16H,7-8,14H2,1-2H3. The number of carbonyl (C=O) groups excluding carboxylic acids is 1. The van der Waals surface area contributed by atoms with Gasteiger partial charge in [0.2, 0.25) is 0 Å². The first-order valence-electron chi connectivity index (χ1n) is 5.45. The molecule has 0 saturated heterocycles. The van der Waals surface area contributed by atoms with E-state index in [0.29, 0.717) is 24.1 Å². The number of rotatable bonds is 1. The summed E-state index contributed by atoms with van der Waals surface area (Å²) in [6.45, 7) is 4.00. The fourth-order valence-corrected chi connectivity index (χ4v) is 2.46. The summed E-state index contributed by atoms with van der Waals surface area (Å²) in [4.78, 5) is 11.9. The number of Topliss-reactive ketones (excluding diaryl/α,β-unsaturated/α-hetero) is 1. The molecule has 1 aliphatic rings. The van der Waals surface area contributed by atoms with Crippen molar-refractivity contribution in [3.8, 4) is 0 Å². The minimum Gasteiger partial charge on any atom is -0.399 e. The SMILES string of the molecule is CC1(C)CC(=O)C(O)(c2ccc(N)cc2)C1. The number of hydrogen-bond acceptors (Lipinski definition) is 3. The molecule has 1 unspecified atom stereocenters. The topological polar surface area (TPSA) is 63.3 Å². The van der Waals surface area contributed by atoms with E-state index in [1.165, 1.54) is 0 Å². The van der Waals surface area contributed by atoms with Gasteiger partial charge in [0, 0.05) is 12.1 Å².